The number of aromatic nitrogens is 4. The van der Waals surface area contributed by atoms with E-state index in [0.29, 0.717) is 0 Å². The molecule has 94 valence electrons. The van der Waals surface area contributed by atoms with E-state index in [2.05, 4.69) is 15.0 Å². The second kappa shape index (κ2) is 4.35. The van der Waals surface area contributed by atoms with Crippen LogP contribution in [0.5, 0.6) is 0 Å². The summed E-state index contributed by atoms with van der Waals surface area (Å²) in [5.41, 5.74) is 4.46. The summed E-state index contributed by atoms with van der Waals surface area (Å²) in [6, 6.07) is 11.7. The Morgan fingerprint density at radius 3 is 2.55 bits per heavy atom. The van der Waals surface area contributed by atoms with Crippen LogP contribution in [0, 0.1) is 0 Å². The molecule has 0 saturated heterocycles. The van der Waals surface area contributed by atoms with Crippen LogP contribution in [0.2, 0.25) is 0 Å². The fraction of sp³-hybridized carbons (Fsp3) is 0. The minimum atomic E-state index is 0.821. The van der Waals surface area contributed by atoms with Crippen LogP contribution in [0.4, 0.5) is 0 Å². The molecule has 0 spiro atoms. The molecule has 0 radical (unpaired) electrons. The summed E-state index contributed by atoms with van der Waals surface area (Å²) < 4.78 is 0. The highest BCUT2D eigenvalue weighted by atomic mass is 14.8. The molecular formula is C16H10N4. The molecule has 0 aliphatic carbocycles. The van der Waals surface area contributed by atoms with Gasteiger partial charge in [0.15, 0.2) is 0 Å². The molecule has 0 aliphatic heterocycles. The van der Waals surface area contributed by atoms with Gasteiger partial charge in [-0.2, -0.15) is 0 Å². The highest BCUT2D eigenvalue weighted by molar-refractivity contribution is 6.02. The number of hydrogen-bond acceptors (Lipinski definition) is 4. The van der Waals surface area contributed by atoms with Gasteiger partial charge < -0.3 is 0 Å². The van der Waals surface area contributed by atoms with Crippen molar-refractivity contribution in [3.05, 3.63) is 61.2 Å². The molecule has 3 aromatic heterocycles. The van der Waals surface area contributed by atoms with Gasteiger partial charge in [0.05, 0.1) is 28.4 Å². The number of benzene rings is 1. The van der Waals surface area contributed by atoms with Crippen molar-refractivity contribution in [2.45, 2.75) is 0 Å². The number of nitrogens with zero attached hydrogens (tertiary/aromatic N) is 4. The summed E-state index contributed by atoms with van der Waals surface area (Å²) in [4.78, 5) is 17.7. The Morgan fingerprint density at radius 1 is 0.750 bits per heavy atom. The van der Waals surface area contributed by atoms with E-state index in [-0.39, 0.29) is 0 Å². The second-order valence-electron chi connectivity index (χ2n) is 4.50. The monoisotopic (exact) mass is 258 g/mol. The van der Waals surface area contributed by atoms with Crippen molar-refractivity contribution in [3.63, 3.8) is 0 Å². The van der Waals surface area contributed by atoms with Crippen molar-refractivity contribution in [1.29, 1.82) is 0 Å². The second-order valence-corrected chi connectivity index (χ2v) is 4.50. The van der Waals surface area contributed by atoms with Crippen LogP contribution in [0.25, 0.3) is 33.2 Å². The lowest BCUT2D eigenvalue weighted by molar-refractivity contribution is 1.26. The lowest BCUT2D eigenvalue weighted by Crippen LogP contribution is -1.91. The molecule has 0 aliphatic rings. The molecule has 1 aromatic carbocycles. The van der Waals surface area contributed by atoms with E-state index in [1.54, 1.807) is 24.8 Å². The Hall–Kier alpha value is -2.88. The zero-order chi connectivity index (χ0) is 13.4. The van der Waals surface area contributed by atoms with Crippen molar-refractivity contribution in [2.24, 2.45) is 0 Å². The van der Waals surface area contributed by atoms with Crippen molar-refractivity contribution >= 4 is 21.9 Å². The maximum atomic E-state index is 4.73. The van der Waals surface area contributed by atoms with E-state index < -0.39 is 0 Å². The van der Waals surface area contributed by atoms with E-state index in [9.17, 15) is 0 Å². The van der Waals surface area contributed by atoms with Gasteiger partial charge in [-0.25, -0.2) is 4.98 Å². The lowest BCUT2D eigenvalue weighted by Gasteiger charge is -2.04. The molecule has 0 saturated carbocycles. The van der Waals surface area contributed by atoms with Gasteiger partial charge >= 0.3 is 0 Å². The maximum absolute atomic E-state index is 4.73. The van der Waals surface area contributed by atoms with Crippen LogP contribution < -0.4 is 0 Å². The van der Waals surface area contributed by atoms with Gasteiger partial charge in [0, 0.05) is 29.5 Å². The Kier molecular flexibility index (Phi) is 2.39. The van der Waals surface area contributed by atoms with Crippen LogP contribution >= 0.6 is 0 Å². The largest absolute Gasteiger partial charge is 0.264 e. The Bertz CT molecular complexity index is 904. The summed E-state index contributed by atoms with van der Waals surface area (Å²) in [6.07, 6.45) is 7.10. The summed E-state index contributed by atoms with van der Waals surface area (Å²) in [7, 11) is 0. The smallest absolute Gasteiger partial charge is 0.0988 e. The van der Waals surface area contributed by atoms with Gasteiger partial charge in [-0.05, 0) is 36.4 Å². The minimum Gasteiger partial charge on any atom is -0.264 e. The Labute approximate surface area is 115 Å². The number of pyridine rings is 2. The summed E-state index contributed by atoms with van der Waals surface area (Å²) >= 11 is 0. The van der Waals surface area contributed by atoms with Gasteiger partial charge in [-0.3, -0.25) is 15.0 Å². The molecule has 0 N–H and O–H groups in total. The molecule has 4 rings (SSSR count). The highest BCUT2D eigenvalue weighted by Gasteiger charge is 2.06. The number of hydrogen-bond donors (Lipinski definition) is 0. The first-order chi connectivity index (χ1) is 9.92. The Morgan fingerprint density at radius 2 is 1.65 bits per heavy atom. The number of fused-ring (bicyclic) bond motifs is 3. The molecule has 0 fully saturated rings. The molecule has 4 nitrogen and oxygen atoms in total. The van der Waals surface area contributed by atoms with Crippen molar-refractivity contribution in [3.8, 4) is 11.3 Å². The van der Waals surface area contributed by atoms with Gasteiger partial charge in [0.2, 0.25) is 0 Å². The lowest BCUT2D eigenvalue weighted by atomic mass is 10.1. The third-order valence-corrected chi connectivity index (χ3v) is 3.25. The zero-order valence-corrected chi connectivity index (χ0v) is 10.6. The normalized spacial score (nSPS) is 11.0. The van der Waals surface area contributed by atoms with E-state index in [1.807, 2.05) is 36.4 Å². The molecule has 0 unspecified atom stereocenters. The van der Waals surface area contributed by atoms with E-state index in [0.717, 1.165) is 33.2 Å². The van der Waals surface area contributed by atoms with Crippen LogP contribution in [0.1, 0.15) is 0 Å². The van der Waals surface area contributed by atoms with Crippen molar-refractivity contribution in [2.75, 3.05) is 0 Å². The summed E-state index contributed by atoms with van der Waals surface area (Å²) in [5.74, 6) is 0. The summed E-state index contributed by atoms with van der Waals surface area (Å²) in [5, 5.41) is 1.02. The topological polar surface area (TPSA) is 51.6 Å². The zero-order valence-electron chi connectivity index (χ0n) is 10.6. The summed E-state index contributed by atoms with van der Waals surface area (Å²) in [6.45, 7) is 0. The van der Waals surface area contributed by atoms with E-state index in [4.69, 9.17) is 4.98 Å². The fourth-order valence-corrected chi connectivity index (χ4v) is 2.28. The SMILES string of the molecule is c1cncc(-c2cnc3ccc4ncccc4c3n2)c1. The average molecular weight is 258 g/mol. The molecule has 0 amide bonds. The third kappa shape index (κ3) is 1.70. The van der Waals surface area contributed by atoms with Crippen LogP contribution in [-0.2, 0) is 0 Å². The van der Waals surface area contributed by atoms with Crippen LogP contribution in [0.15, 0.2) is 61.2 Å². The van der Waals surface area contributed by atoms with E-state index >= 15 is 0 Å². The number of rotatable bonds is 1. The standard InChI is InChI=1S/C16H10N4/c1-3-11(9-17-7-1)15-10-19-14-6-5-13-12(16(14)20-15)4-2-8-18-13/h1-10H. The van der Waals surface area contributed by atoms with Crippen LogP contribution in [0.3, 0.4) is 0 Å². The first-order valence-corrected chi connectivity index (χ1v) is 6.33. The first kappa shape index (κ1) is 11.0. The van der Waals surface area contributed by atoms with Gasteiger partial charge in [0.1, 0.15) is 0 Å². The van der Waals surface area contributed by atoms with Crippen molar-refractivity contribution in [1.82, 2.24) is 19.9 Å². The van der Waals surface area contributed by atoms with Crippen LogP contribution in [-0.4, -0.2) is 19.9 Å². The maximum Gasteiger partial charge on any atom is 0.0988 e. The molecule has 20 heavy (non-hydrogen) atoms. The third-order valence-electron chi connectivity index (χ3n) is 3.25. The molecule has 4 heteroatoms. The molecule has 0 atom stereocenters. The van der Waals surface area contributed by atoms with Gasteiger partial charge in [-0.15, -0.1) is 0 Å². The quantitative estimate of drug-likeness (QED) is 0.492. The predicted molar refractivity (Wildman–Crippen MR) is 78.1 cm³/mol. The Balaban J connectivity index is 2.05. The molecular weight excluding hydrogens is 248 g/mol. The molecule has 4 aromatic rings. The van der Waals surface area contributed by atoms with E-state index in [1.165, 1.54) is 0 Å². The predicted octanol–water partition coefficient (Wildman–Crippen LogP) is 3.24. The highest BCUT2D eigenvalue weighted by Crippen LogP contribution is 2.23. The minimum absolute atomic E-state index is 0.821. The molecule has 3 heterocycles. The fourth-order valence-electron chi connectivity index (χ4n) is 2.28. The molecule has 0 bridgehead atoms. The van der Waals surface area contributed by atoms with Gasteiger partial charge in [-0.1, -0.05) is 0 Å². The van der Waals surface area contributed by atoms with Gasteiger partial charge in [0.25, 0.3) is 0 Å². The van der Waals surface area contributed by atoms with Crippen molar-refractivity contribution < 1.29 is 0 Å². The average Bonchev–Trinajstić information content (AvgIpc) is 2.55. The first-order valence-electron chi connectivity index (χ1n) is 6.33.